The Bertz CT molecular complexity index is 1080. The SMILES string of the molecule is CCOc1cc(C=NNC(=O)c2ccc(O)cc2O)ccc1OCc1ccc(Cl)cc1. The van der Waals surface area contributed by atoms with E-state index in [0.29, 0.717) is 35.3 Å². The van der Waals surface area contributed by atoms with Crippen molar-refractivity contribution in [3.63, 3.8) is 0 Å². The van der Waals surface area contributed by atoms with Crippen LogP contribution in [0.1, 0.15) is 28.4 Å². The van der Waals surface area contributed by atoms with Crippen molar-refractivity contribution in [1.29, 1.82) is 0 Å². The van der Waals surface area contributed by atoms with Crippen LogP contribution in [0.2, 0.25) is 5.02 Å². The van der Waals surface area contributed by atoms with Crippen molar-refractivity contribution in [3.05, 3.63) is 82.4 Å². The van der Waals surface area contributed by atoms with Gasteiger partial charge in [0, 0.05) is 11.1 Å². The molecule has 0 aliphatic heterocycles. The Labute approximate surface area is 184 Å². The van der Waals surface area contributed by atoms with Crippen molar-refractivity contribution in [1.82, 2.24) is 5.43 Å². The molecule has 3 N–H and O–H groups in total. The number of carbonyl (C=O) groups is 1. The standard InChI is InChI=1S/C23H21ClN2O5/c1-2-30-22-11-16(5-10-21(22)31-14-15-3-6-17(24)7-4-15)13-25-26-23(29)19-9-8-18(27)12-20(19)28/h3-13,27-28H,2,14H2,1H3,(H,26,29). The van der Waals surface area contributed by atoms with Gasteiger partial charge in [-0.15, -0.1) is 0 Å². The Morgan fingerprint density at radius 1 is 1.03 bits per heavy atom. The minimum Gasteiger partial charge on any atom is -0.508 e. The zero-order valence-corrected chi connectivity index (χ0v) is 17.5. The van der Waals surface area contributed by atoms with Gasteiger partial charge in [-0.3, -0.25) is 4.79 Å². The molecule has 1 amide bonds. The molecule has 0 radical (unpaired) electrons. The molecule has 7 nitrogen and oxygen atoms in total. The maximum Gasteiger partial charge on any atom is 0.275 e. The second kappa shape index (κ2) is 10.4. The number of rotatable bonds is 8. The summed E-state index contributed by atoms with van der Waals surface area (Å²) < 4.78 is 11.5. The Kier molecular flexibility index (Phi) is 7.35. The number of ether oxygens (including phenoxy) is 2. The molecule has 0 spiro atoms. The Balaban J connectivity index is 1.66. The van der Waals surface area contributed by atoms with Crippen LogP contribution in [0.3, 0.4) is 0 Å². The largest absolute Gasteiger partial charge is 0.508 e. The van der Waals surface area contributed by atoms with Crippen molar-refractivity contribution >= 4 is 23.7 Å². The number of amides is 1. The lowest BCUT2D eigenvalue weighted by atomic mass is 10.2. The van der Waals surface area contributed by atoms with Gasteiger partial charge in [-0.2, -0.15) is 5.10 Å². The van der Waals surface area contributed by atoms with E-state index in [1.807, 2.05) is 19.1 Å². The number of hydrogen-bond donors (Lipinski definition) is 3. The highest BCUT2D eigenvalue weighted by Gasteiger charge is 2.11. The number of halogens is 1. The van der Waals surface area contributed by atoms with Crippen LogP contribution in [0, 0.1) is 0 Å². The van der Waals surface area contributed by atoms with Crippen LogP contribution in [0.5, 0.6) is 23.0 Å². The fourth-order valence-corrected chi connectivity index (χ4v) is 2.80. The maximum atomic E-state index is 12.1. The lowest BCUT2D eigenvalue weighted by Crippen LogP contribution is -2.17. The molecule has 0 aliphatic carbocycles. The van der Waals surface area contributed by atoms with Crippen molar-refractivity contribution in [2.75, 3.05) is 6.61 Å². The van der Waals surface area contributed by atoms with Gasteiger partial charge in [-0.25, -0.2) is 5.43 Å². The quantitative estimate of drug-likeness (QED) is 0.354. The van der Waals surface area contributed by atoms with Gasteiger partial charge in [0.05, 0.1) is 18.4 Å². The lowest BCUT2D eigenvalue weighted by Gasteiger charge is -2.12. The van der Waals surface area contributed by atoms with E-state index in [9.17, 15) is 15.0 Å². The van der Waals surface area contributed by atoms with E-state index in [1.165, 1.54) is 18.3 Å². The van der Waals surface area contributed by atoms with Gasteiger partial charge in [0.1, 0.15) is 18.1 Å². The first-order valence-electron chi connectivity index (χ1n) is 9.45. The van der Waals surface area contributed by atoms with E-state index in [4.69, 9.17) is 21.1 Å². The van der Waals surface area contributed by atoms with E-state index < -0.39 is 5.91 Å². The third-order valence-corrected chi connectivity index (χ3v) is 4.43. The number of hydrogen-bond acceptors (Lipinski definition) is 6. The molecule has 0 unspecified atom stereocenters. The summed E-state index contributed by atoms with van der Waals surface area (Å²) in [6.45, 7) is 2.68. The molecule has 3 aromatic rings. The summed E-state index contributed by atoms with van der Waals surface area (Å²) in [5, 5.41) is 23.6. The van der Waals surface area contributed by atoms with Gasteiger partial charge in [0.2, 0.25) is 0 Å². The van der Waals surface area contributed by atoms with Crippen LogP contribution in [-0.4, -0.2) is 28.9 Å². The molecule has 0 atom stereocenters. The predicted molar refractivity (Wildman–Crippen MR) is 118 cm³/mol. The van der Waals surface area contributed by atoms with Crippen LogP contribution < -0.4 is 14.9 Å². The van der Waals surface area contributed by atoms with Crippen molar-refractivity contribution in [2.45, 2.75) is 13.5 Å². The number of carbonyl (C=O) groups excluding carboxylic acids is 1. The van der Waals surface area contributed by atoms with E-state index in [1.54, 1.807) is 30.3 Å². The summed E-state index contributed by atoms with van der Waals surface area (Å²) in [5.41, 5.74) is 3.98. The molecule has 31 heavy (non-hydrogen) atoms. The van der Waals surface area contributed by atoms with E-state index in [0.717, 1.165) is 11.6 Å². The summed E-state index contributed by atoms with van der Waals surface area (Å²) in [7, 11) is 0. The fourth-order valence-electron chi connectivity index (χ4n) is 2.67. The lowest BCUT2D eigenvalue weighted by molar-refractivity contribution is 0.0952. The third kappa shape index (κ3) is 6.13. The zero-order chi connectivity index (χ0) is 22.2. The molecule has 3 rings (SSSR count). The van der Waals surface area contributed by atoms with Crippen molar-refractivity contribution in [2.24, 2.45) is 5.10 Å². The van der Waals surface area contributed by atoms with Crippen LogP contribution in [0.25, 0.3) is 0 Å². The molecule has 0 saturated heterocycles. The van der Waals surface area contributed by atoms with Gasteiger partial charge >= 0.3 is 0 Å². The summed E-state index contributed by atoms with van der Waals surface area (Å²) in [6, 6.07) is 16.3. The number of phenolic OH excluding ortho intramolecular Hbond substituents is 2. The highest BCUT2D eigenvalue weighted by molar-refractivity contribution is 6.30. The molecular formula is C23H21ClN2O5. The van der Waals surface area contributed by atoms with Gasteiger partial charge in [-0.05, 0) is 60.5 Å². The molecule has 8 heteroatoms. The molecule has 0 fully saturated rings. The maximum absolute atomic E-state index is 12.1. The third-order valence-electron chi connectivity index (χ3n) is 4.18. The first-order valence-corrected chi connectivity index (χ1v) is 9.83. The molecule has 0 saturated carbocycles. The second-order valence-corrected chi connectivity index (χ2v) is 6.89. The van der Waals surface area contributed by atoms with Crippen LogP contribution >= 0.6 is 11.6 Å². The minimum atomic E-state index is -0.610. The number of phenols is 2. The predicted octanol–water partition coefficient (Wildman–Crippen LogP) is 4.49. The average Bonchev–Trinajstić information content (AvgIpc) is 2.74. The van der Waals surface area contributed by atoms with Gasteiger partial charge in [-0.1, -0.05) is 23.7 Å². The highest BCUT2D eigenvalue weighted by Crippen LogP contribution is 2.29. The second-order valence-electron chi connectivity index (χ2n) is 6.45. The van der Waals surface area contributed by atoms with Crippen molar-refractivity contribution < 1.29 is 24.5 Å². The molecule has 0 bridgehead atoms. The Morgan fingerprint density at radius 2 is 1.81 bits per heavy atom. The zero-order valence-electron chi connectivity index (χ0n) is 16.7. The summed E-state index contributed by atoms with van der Waals surface area (Å²) in [6.07, 6.45) is 1.45. The number of nitrogens with one attached hydrogen (secondary N) is 1. The van der Waals surface area contributed by atoms with Crippen LogP contribution in [0.4, 0.5) is 0 Å². The molecule has 3 aromatic carbocycles. The smallest absolute Gasteiger partial charge is 0.275 e. The molecular weight excluding hydrogens is 420 g/mol. The van der Waals surface area contributed by atoms with Crippen LogP contribution in [-0.2, 0) is 6.61 Å². The first kappa shape index (κ1) is 22.0. The van der Waals surface area contributed by atoms with Crippen molar-refractivity contribution in [3.8, 4) is 23.0 Å². The Morgan fingerprint density at radius 3 is 2.52 bits per heavy atom. The number of nitrogens with zero attached hydrogens (tertiary/aromatic N) is 1. The molecule has 0 heterocycles. The topological polar surface area (TPSA) is 100 Å². The fraction of sp³-hybridized carbons (Fsp3) is 0.130. The first-order chi connectivity index (χ1) is 15.0. The van der Waals surface area contributed by atoms with Gasteiger partial charge < -0.3 is 19.7 Å². The van der Waals surface area contributed by atoms with Gasteiger partial charge in [0.15, 0.2) is 11.5 Å². The molecule has 160 valence electrons. The summed E-state index contributed by atoms with van der Waals surface area (Å²) >= 11 is 5.90. The summed E-state index contributed by atoms with van der Waals surface area (Å²) in [4.78, 5) is 12.1. The summed E-state index contributed by atoms with van der Waals surface area (Å²) in [5.74, 6) is 0.0320. The highest BCUT2D eigenvalue weighted by atomic mass is 35.5. The monoisotopic (exact) mass is 440 g/mol. The van der Waals surface area contributed by atoms with Crippen LogP contribution in [0.15, 0.2) is 65.8 Å². The average molecular weight is 441 g/mol. The Hall–Kier alpha value is -3.71. The van der Waals surface area contributed by atoms with E-state index in [2.05, 4.69) is 10.5 Å². The normalized spacial score (nSPS) is 10.8. The molecule has 0 aliphatic rings. The van der Waals surface area contributed by atoms with Gasteiger partial charge in [0.25, 0.3) is 5.91 Å². The van der Waals surface area contributed by atoms with E-state index >= 15 is 0 Å². The molecule has 0 aromatic heterocycles. The minimum absolute atomic E-state index is 0.00379. The number of aromatic hydroxyl groups is 2. The van der Waals surface area contributed by atoms with E-state index in [-0.39, 0.29) is 17.1 Å². The number of hydrazone groups is 1. The number of benzene rings is 3.